The fraction of sp³-hybridized carbons (Fsp3) is 0.333. The Bertz CT molecular complexity index is 254. The fourth-order valence-corrected chi connectivity index (χ4v) is 0.910. The van der Waals surface area contributed by atoms with Crippen LogP contribution in [0.2, 0.25) is 0 Å². The van der Waals surface area contributed by atoms with Crippen molar-refractivity contribution in [1.29, 1.82) is 0 Å². The van der Waals surface area contributed by atoms with Crippen LogP contribution in [0, 0.1) is 5.41 Å². The third-order valence-corrected chi connectivity index (χ3v) is 1.58. The molecule has 0 spiro atoms. The van der Waals surface area contributed by atoms with Crippen molar-refractivity contribution in [3.63, 3.8) is 0 Å². The molecule has 0 aromatic heterocycles. The minimum atomic E-state index is 0. The molecule has 0 bridgehead atoms. The summed E-state index contributed by atoms with van der Waals surface area (Å²) in [5.74, 6) is 0. The predicted octanol–water partition coefficient (Wildman–Crippen LogP) is 3.86. The lowest BCUT2D eigenvalue weighted by Gasteiger charge is -2.10. The maximum absolute atomic E-state index is 2.22. The van der Waals surface area contributed by atoms with Gasteiger partial charge in [0.1, 0.15) is 0 Å². The van der Waals surface area contributed by atoms with Crippen LogP contribution in [-0.2, 0) is 0 Å². The lowest BCUT2D eigenvalue weighted by molar-refractivity contribution is 0.547. The van der Waals surface area contributed by atoms with Gasteiger partial charge in [0.15, 0.2) is 0 Å². The van der Waals surface area contributed by atoms with Crippen molar-refractivity contribution in [3.05, 3.63) is 42.0 Å². The maximum atomic E-state index is 2.22. The van der Waals surface area contributed by atoms with Crippen molar-refractivity contribution in [2.24, 2.45) is 5.41 Å². The van der Waals surface area contributed by atoms with Gasteiger partial charge in [0.25, 0.3) is 0 Å². The van der Waals surface area contributed by atoms with Crippen molar-refractivity contribution in [1.82, 2.24) is 0 Å². The molecular weight excluding hydrogens is 144 g/mol. The molecule has 0 heterocycles. The molecule has 0 amide bonds. The number of allylic oxidation sites excluding steroid dienone is 1. The first-order valence-corrected chi connectivity index (χ1v) is 4.32. The zero-order valence-corrected chi connectivity index (χ0v) is 8.04. The van der Waals surface area contributed by atoms with Crippen LogP contribution in [-0.4, -0.2) is 0 Å². The molecule has 12 heavy (non-hydrogen) atoms. The third kappa shape index (κ3) is 3.38. The minimum Gasteiger partial charge on any atom is -0.0785 e. The van der Waals surface area contributed by atoms with Gasteiger partial charge in [-0.1, -0.05) is 63.3 Å². The second kappa shape index (κ2) is 3.57. The molecule has 1 aromatic rings. The Morgan fingerprint density at radius 1 is 1.08 bits per heavy atom. The van der Waals surface area contributed by atoms with E-state index in [9.17, 15) is 0 Å². The monoisotopic (exact) mass is 161 g/mol. The second-order valence-electron chi connectivity index (χ2n) is 4.11. The van der Waals surface area contributed by atoms with Gasteiger partial charge in [0.05, 0.1) is 0 Å². The molecule has 1 aromatic carbocycles. The summed E-state index contributed by atoms with van der Waals surface area (Å²) in [5, 5.41) is 0. The highest BCUT2D eigenvalue weighted by molar-refractivity contribution is 5.49. The van der Waals surface area contributed by atoms with Crippen LogP contribution < -0.4 is 0 Å². The van der Waals surface area contributed by atoms with Gasteiger partial charge < -0.3 is 0 Å². The van der Waals surface area contributed by atoms with E-state index in [2.05, 4.69) is 57.2 Å². The van der Waals surface area contributed by atoms with Gasteiger partial charge in [-0.2, -0.15) is 0 Å². The highest BCUT2D eigenvalue weighted by Crippen LogP contribution is 2.16. The molecule has 0 nitrogen and oxygen atoms in total. The Morgan fingerprint density at radius 2 is 1.67 bits per heavy atom. The first-order valence-electron chi connectivity index (χ1n) is 4.32. The summed E-state index contributed by atoms with van der Waals surface area (Å²) < 4.78 is 0. The summed E-state index contributed by atoms with van der Waals surface area (Å²) in [6, 6.07) is 10.4. The average molecular weight is 161 g/mol. The lowest BCUT2D eigenvalue weighted by atomic mass is 9.95. The highest BCUT2D eigenvalue weighted by atomic mass is 14.1. The molecule has 0 saturated heterocycles. The van der Waals surface area contributed by atoms with E-state index in [-0.39, 0.29) is 6.84 Å². The third-order valence-electron chi connectivity index (χ3n) is 1.58. The van der Waals surface area contributed by atoms with Gasteiger partial charge in [0, 0.05) is 0 Å². The van der Waals surface area contributed by atoms with Gasteiger partial charge in [-0.3, -0.25) is 0 Å². The van der Waals surface area contributed by atoms with Crippen LogP contribution in [0.4, 0.5) is 0 Å². The van der Waals surface area contributed by atoms with E-state index in [4.69, 9.17) is 0 Å². The first kappa shape index (κ1) is 9.05. The molecule has 0 fully saturated rings. The van der Waals surface area contributed by atoms with Crippen LogP contribution in [0.3, 0.4) is 0 Å². The van der Waals surface area contributed by atoms with Crippen molar-refractivity contribution in [2.75, 3.05) is 0 Å². The van der Waals surface area contributed by atoms with Gasteiger partial charge in [0.2, 0.25) is 0 Å². The highest BCUT2D eigenvalue weighted by Gasteiger charge is 2.02. The fourth-order valence-electron chi connectivity index (χ4n) is 0.910. The van der Waals surface area contributed by atoms with Crippen LogP contribution in [0.25, 0.3) is 6.08 Å². The molecule has 0 aliphatic carbocycles. The molecule has 0 heteroatoms. The number of hydrogen-bond donors (Lipinski definition) is 0. The molecule has 64 valence electrons. The molecule has 0 saturated carbocycles. The van der Waals surface area contributed by atoms with E-state index < -0.39 is 0 Å². The van der Waals surface area contributed by atoms with Crippen molar-refractivity contribution in [3.8, 4) is 0 Å². The van der Waals surface area contributed by atoms with Crippen molar-refractivity contribution < 1.29 is 1.43 Å². The SMILES string of the molecule is CC(C)(C)C=Cc1ccccc1.[H+]. The normalized spacial score (nSPS) is 12.2. The standard InChI is InChI=1S/C12H16/c1-12(2,3)10-9-11-7-5-4-6-8-11/h4-10H,1-3H3/p+1. The Labute approximate surface area is 76.4 Å². The number of benzene rings is 1. The number of hydrogen-bond acceptors (Lipinski definition) is 0. The smallest absolute Gasteiger partial charge is 0.0785 e. The van der Waals surface area contributed by atoms with Crippen molar-refractivity contribution >= 4 is 6.08 Å². The van der Waals surface area contributed by atoms with Crippen LogP contribution in [0.5, 0.6) is 0 Å². The lowest BCUT2D eigenvalue weighted by Crippen LogP contribution is -1.97. The Hall–Kier alpha value is -1.04. The summed E-state index contributed by atoms with van der Waals surface area (Å²) in [6.45, 7) is 6.60. The average Bonchev–Trinajstić information content (AvgIpc) is 2.02. The molecule has 0 N–H and O–H groups in total. The summed E-state index contributed by atoms with van der Waals surface area (Å²) in [4.78, 5) is 0. The van der Waals surface area contributed by atoms with E-state index in [0.29, 0.717) is 0 Å². The zero-order valence-electron chi connectivity index (χ0n) is 9.04. The van der Waals surface area contributed by atoms with Crippen LogP contribution >= 0.6 is 0 Å². The Morgan fingerprint density at radius 3 is 2.17 bits per heavy atom. The molecule has 0 aliphatic heterocycles. The summed E-state index contributed by atoms with van der Waals surface area (Å²) >= 11 is 0. The second-order valence-corrected chi connectivity index (χ2v) is 4.11. The molecule has 0 unspecified atom stereocenters. The summed E-state index contributed by atoms with van der Waals surface area (Å²) in [7, 11) is 0. The maximum Gasteiger partial charge on any atom is 1.00 e. The zero-order chi connectivity index (χ0) is 9.03. The van der Waals surface area contributed by atoms with Gasteiger partial charge >= 0.3 is 1.43 Å². The molecular formula is C12H17+. The number of rotatable bonds is 1. The van der Waals surface area contributed by atoms with E-state index in [1.807, 2.05) is 6.07 Å². The van der Waals surface area contributed by atoms with E-state index in [1.165, 1.54) is 5.56 Å². The molecule has 0 atom stereocenters. The first-order chi connectivity index (χ1) is 5.58. The topological polar surface area (TPSA) is 0 Å². The van der Waals surface area contributed by atoms with Gasteiger partial charge in [-0.05, 0) is 11.0 Å². The molecule has 0 aliphatic rings. The molecule has 0 radical (unpaired) electrons. The Kier molecular flexibility index (Phi) is 2.69. The summed E-state index contributed by atoms with van der Waals surface area (Å²) in [6.07, 6.45) is 4.39. The Balaban J connectivity index is 0.00000144. The van der Waals surface area contributed by atoms with Gasteiger partial charge in [-0.25, -0.2) is 0 Å². The van der Waals surface area contributed by atoms with E-state index in [0.717, 1.165) is 0 Å². The largest absolute Gasteiger partial charge is 1.00 e. The van der Waals surface area contributed by atoms with E-state index in [1.54, 1.807) is 0 Å². The van der Waals surface area contributed by atoms with Gasteiger partial charge in [-0.15, -0.1) is 0 Å². The summed E-state index contributed by atoms with van der Waals surface area (Å²) in [5.41, 5.74) is 1.54. The quantitative estimate of drug-likeness (QED) is 0.586. The van der Waals surface area contributed by atoms with Crippen molar-refractivity contribution in [2.45, 2.75) is 20.8 Å². The van der Waals surface area contributed by atoms with Crippen LogP contribution in [0.15, 0.2) is 36.4 Å². The predicted molar refractivity (Wildman–Crippen MR) is 56.0 cm³/mol. The van der Waals surface area contributed by atoms with Crippen LogP contribution in [0.1, 0.15) is 27.8 Å². The minimum absolute atomic E-state index is 0. The van der Waals surface area contributed by atoms with E-state index >= 15 is 0 Å². The molecule has 1 rings (SSSR count).